The summed E-state index contributed by atoms with van der Waals surface area (Å²) in [6, 6.07) is 33.9. The summed E-state index contributed by atoms with van der Waals surface area (Å²) < 4.78 is 13.3. The highest BCUT2D eigenvalue weighted by Crippen LogP contribution is 2.43. The third kappa shape index (κ3) is 7.35. The van der Waals surface area contributed by atoms with Crippen LogP contribution in [0.25, 0.3) is 11.1 Å². The summed E-state index contributed by atoms with van der Waals surface area (Å²) in [5.74, 6) is 1.22. The van der Waals surface area contributed by atoms with E-state index in [1.807, 2.05) is 78.9 Å². The number of aliphatic hydroxyl groups is 1. The van der Waals surface area contributed by atoms with Crippen molar-refractivity contribution < 1.29 is 19.4 Å². The molecule has 0 saturated carbocycles. The van der Waals surface area contributed by atoms with Crippen LogP contribution in [0.4, 0.5) is 0 Å². The first-order valence-electron chi connectivity index (χ1n) is 14.7. The molecule has 6 nitrogen and oxygen atoms in total. The van der Waals surface area contributed by atoms with E-state index in [0.717, 1.165) is 32.3 Å². The van der Waals surface area contributed by atoms with E-state index in [0.29, 0.717) is 37.6 Å². The molecule has 0 bridgehead atoms. The first-order chi connectivity index (χ1) is 20.9. The van der Waals surface area contributed by atoms with Crippen molar-refractivity contribution in [2.24, 2.45) is 10.9 Å². The van der Waals surface area contributed by atoms with E-state index in [-0.39, 0.29) is 18.4 Å². The van der Waals surface area contributed by atoms with Gasteiger partial charge in [0.25, 0.3) is 5.91 Å². The minimum absolute atomic E-state index is 0.0791. The van der Waals surface area contributed by atoms with E-state index < -0.39 is 11.6 Å². The molecule has 0 aliphatic carbocycles. The molecule has 1 amide bonds. The molecule has 2 atom stereocenters. The summed E-state index contributed by atoms with van der Waals surface area (Å²) in [7, 11) is 0. The van der Waals surface area contributed by atoms with Gasteiger partial charge in [0.1, 0.15) is 5.75 Å². The number of hydrogen-bond acceptors (Lipinski definition) is 5. The van der Waals surface area contributed by atoms with Gasteiger partial charge in [-0.1, -0.05) is 96.5 Å². The fourth-order valence-electron chi connectivity index (χ4n) is 5.13. The van der Waals surface area contributed by atoms with Gasteiger partial charge in [0.05, 0.1) is 6.61 Å². The lowest BCUT2D eigenvalue weighted by Crippen LogP contribution is -2.50. The van der Waals surface area contributed by atoms with Crippen molar-refractivity contribution in [3.05, 3.63) is 124 Å². The molecule has 4 aromatic rings. The fourth-order valence-corrected chi connectivity index (χ4v) is 5.39. The SMILES string of the molecule is CC(C)CNC(=O)[C@]1(Cc2ccc(Br)cc2)N=C(c2ccc(OCCCO)cc2)O[C@@H]1c1ccc(-c2ccccc2)cc1. The minimum atomic E-state index is -1.23. The summed E-state index contributed by atoms with van der Waals surface area (Å²) in [6.07, 6.45) is 0.275. The van der Waals surface area contributed by atoms with Gasteiger partial charge in [-0.2, -0.15) is 0 Å². The van der Waals surface area contributed by atoms with Gasteiger partial charge in [-0.25, -0.2) is 4.99 Å². The molecule has 5 rings (SSSR count). The van der Waals surface area contributed by atoms with E-state index in [1.54, 1.807) is 0 Å². The van der Waals surface area contributed by atoms with Gasteiger partial charge in [0.15, 0.2) is 11.6 Å². The van der Waals surface area contributed by atoms with Gasteiger partial charge in [-0.05, 0) is 64.6 Å². The third-order valence-corrected chi connectivity index (χ3v) is 7.94. The van der Waals surface area contributed by atoms with Crippen LogP contribution in [0.2, 0.25) is 0 Å². The van der Waals surface area contributed by atoms with Crippen LogP contribution in [-0.4, -0.2) is 42.2 Å². The predicted octanol–water partition coefficient (Wildman–Crippen LogP) is 7.15. The summed E-state index contributed by atoms with van der Waals surface area (Å²) in [5.41, 5.74) is 3.59. The van der Waals surface area contributed by atoms with Gasteiger partial charge in [0, 0.05) is 36.0 Å². The van der Waals surface area contributed by atoms with Crippen LogP contribution in [0.3, 0.4) is 0 Å². The van der Waals surface area contributed by atoms with Crippen LogP contribution in [0.15, 0.2) is 113 Å². The van der Waals surface area contributed by atoms with Crippen LogP contribution >= 0.6 is 15.9 Å². The summed E-state index contributed by atoms with van der Waals surface area (Å²) in [6.45, 7) is 5.19. The zero-order chi connectivity index (χ0) is 30.2. The van der Waals surface area contributed by atoms with Crippen LogP contribution in [-0.2, 0) is 16.0 Å². The molecule has 0 aromatic heterocycles. The number of aliphatic hydroxyl groups excluding tert-OH is 1. The molecule has 0 spiro atoms. The van der Waals surface area contributed by atoms with E-state index >= 15 is 0 Å². The smallest absolute Gasteiger partial charge is 0.252 e. The molecule has 1 aliphatic heterocycles. The Bertz CT molecular complexity index is 1520. The lowest BCUT2D eigenvalue weighted by Gasteiger charge is -2.31. The second-order valence-corrected chi connectivity index (χ2v) is 12.1. The normalized spacial score (nSPS) is 17.8. The Kier molecular flexibility index (Phi) is 9.95. The molecular formula is C36H37BrN2O4. The van der Waals surface area contributed by atoms with Crippen molar-refractivity contribution in [1.29, 1.82) is 0 Å². The number of hydrogen-bond donors (Lipinski definition) is 2. The standard InChI is InChI=1S/C36H37BrN2O4/c1-25(2)24-38-35(41)36(23-26-9-17-31(37)18-10-26)33(29-13-11-28(12-14-29)27-7-4-3-5-8-27)43-34(39-36)30-15-19-32(20-16-30)42-22-6-21-40/h3-5,7-20,25,33,40H,6,21-24H2,1-2H3,(H,38,41)/t33-,36-/m1/s1. The molecule has 1 heterocycles. The van der Waals surface area contributed by atoms with Gasteiger partial charge in [-0.3, -0.25) is 4.79 Å². The number of amides is 1. The summed E-state index contributed by atoms with van der Waals surface area (Å²) in [5, 5.41) is 12.2. The predicted molar refractivity (Wildman–Crippen MR) is 174 cm³/mol. The molecule has 4 aromatic carbocycles. The van der Waals surface area contributed by atoms with E-state index in [2.05, 4.69) is 59.4 Å². The maximum Gasteiger partial charge on any atom is 0.252 e. The van der Waals surface area contributed by atoms with Crippen molar-refractivity contribution in [2.45, 2.75) is 38.3 Å². The average molecular weight is 642 g/mol. The minimum Gasteiger partial charge on any atom is -0.494 e. The highest BCUT2D eigenvalue weighted by atomic mass is 79.9. The van der Waals surface area contributed by atoms with Crippen LogP contribution in [0.5, 0.6) is 5.75 Å². The zero-order valence-electron chi connectivity index (χ0n) is 24.5. The number of nitrogens with one attached hydrogen (secondary N) is 1. The first kappa shape index (κ1) is 30.5. The number of aliphatic imine (C=N–C) groups is 1. The van der Waals surface area contributed by atoms with E-state index in [1.165, 1.54) is 0 Å². The molecule has 0 fully saturated rings. The average Bonchev–Trinajstić information content (AvgIpc) is 3.42. The highest BCUT2D eigenvalue weighted by Gasteiger charge is 2.53. The van der Waals surface area contributed by atoms with Crippen molar-refractivity contribution in [1.82, 2.24) is 5.32 Å². The quantitative estimate of drug-likeness (QED) is 0.161. The topological polar surface area (TPSA) is 80.2 Å². The zero-order valence-corrected chi connectivity index (χ0v) is 26.1. The lowest BCUT2D eigenvalue weighted by atomic mass is 9.81. The number of halogens is 1. The molecule has 0 unspecified atom stereocenters. The first-order valence-corrected chi connectivity index (χ1v) is 15.5. The second-order valence-electron chi connectivity index (χ2n) is 11.2. The third-order valence-electron chi connectivity index (χ3n) is 7.41. The summed E-state index contributed by atoms with van der Waals surface area (Å²) in [4.78, 5) is 19.4. The monoisotopic (exact) mass is 640 g/mol. The number of carbonyl (C=O) groups is 1. The van der Waals surface area contributed by atoms with Gasteiger partial charge < -0.3 is 19.9 Å². The Hall–Kier alpha value is -3.94. The molecule has 1 aliphatic rings. The van der Waals surface area contributed by atoms with Gasteiger partial charge >= 0.3 is 0 Å². The number of ether oxygens (including phenoxy) is 2. The number of carbonyl (C=O) groups excluding carboxylic acids is 1. The number of benzene rings is 4. The Labute approximate surface area is 261 Å². The largest absolute Gasteiger partial charge is 0.494 e. The molecule has 0 saturated heterocycles. The Morgan fingerprint density at radius 1 is 0.930 bits per heavy atom. The van der Waals surface area contributed by atoms with Crippen LogP contribution < -0.4 is 10.1 Å². The fraction of sp³-hybridized carbons (Fsp3) is 0.278. The van der Waals surface area contributed by atoms with E-state index in [9.17, 15) is 4.79 Å². The molecular weight excluding hydrogens is 604 g/mol. The molecule has 2 N–H and O–H groups in total. The molecule has 222 valence electrons. The van der Waals surface area contributed by atoms with Gasteiger partial charge in [-0.15, -0.1) is 0 Å². The second kappa shape index (κ2) is 14.0. The Morgan fingerprint density at radius 3 is 2.23 bits per heavy atom. The number of nitrogens with zero attached hydrogens (tertiary/aromatic N) is 1. The lowest BCUT2D eigenvalue weighted by molar-refractivity contribution is -0.129. The molecule has 7 heteroatoms. The van der Waals surface area contributed by atoms with Crippen LogP contribution in [0.1, 0.15) is 43.1 Å². The van der Waals surface area contributed by atoms with E-state index in [4.69, 9.17) is 19.6 Å². The van der Waals surface area contributed by atoms with Crippen LogP contribution in [0, 0.1) is 5.92 Å². The maximum atomic E-state index is 14.2. The molecule has 43 heavy (non-hydrogen) atoms. The Morgan fingerprint density at radius 2 is 1.58 bits per heavy atom. The Balaban J connectivity index is 1.55. The molecule has 0 radical (unpaired) electrons. The van der Waals surface area contributed by atoms with Gasteiger partial charge in [0.2, 0.25) is 5.90 Å². The summed E-state index contributed by atoms with van der Waals surface area (Å²) >= 11 is 3.53. The van der Waals surface area contributed by atoms with Crippen molar-refractivity contribution in [2.75, 3.05) is 19.8 Å². The highest BCUT2D eigenvalue weighted by molar-refractivity contribution is 9.10. The number of rotatable bonds is 12. The van der Waals surface area contributed by atoms with Crippen molar-refractivity contribution in [3.63, 3.8) is 0 Å². The van der Waals surface area contributed by atoms with Crippen molar-refractivity contribution >= 4 is 27.7 Å². The van der Waals surface area contributed by atoms with Crippen molar-refractivity contribution in [3.8, 4) is 16.9 Å². The maximum absolute atomic E-state index is 14.2.